The Morgan fingerprint density at radius 1 is 1.19 bits per heavy atom. The van der Waals surface area contributed by atoms with Crippen molar-refractivity contribution in [3.8, 4) is 5.88 Å². The highest BCUT2D eigenvalue weighted by Crippen LogP contribution is 2.29. The Morgan fingerprint density at radius 3 is 2.69 bits per heavy atom. The van der Waals surface area contributed by atoms with Crippen LogP contribution < -0.4 is 4.74 Å². The molecule has 0 bridgehead atoms. The summed E-state index contributed by atoms with van der Waals surface area (Å²) in [5.41, 5.74) is 0. The summed E-state index contributed by atoms with van der Waals surface area (Å²) in [6, 6.07) is 0. The first kappa shape index (κ1) is 11.9. The third-order valence-electron chi connectivity index (χ3n) is 2.89. The molecule has 88 valence electrons. The molecule has 4 nitrogen and oxygen atoms in total. The van der Waals surface area contributed by atoms with Crippen LogP contribution in [0.1, 0.15) is 32.6 Å². The fraction of sp³-hybridized carbons (Fsp3) is 0.700. The third kappa shape index (κ3) is 2.74. The molecule has 0 spiro atoms. The molecule has 1 aromatic rings. The van der Waals surface area contributed by atoms with Gasteiger partial charge < -0.3 is 4.74 Å². The van der Waals surface area contributed by atoms with Crippen molar-refractivity contribution in [3.05, 3.63) is 10.4 Å². The summed E-state index contributed by atoms with van der Waals surface area (Å²) < 4.78 is 5.75. The summed E-state index contributed by atoms with van der Waals surface area (Å²) in [6.07, 6.45) is 4.79. The van der Waals surface area contributed by atoms with E-state index >= 15 is 0 Å². The molecule has 0 saturated heterocycles. The minimum atomic E-state index is 0.0582. The molecule has 0 amide bonds. The maximum Gasteiger partial charge on any atom is 0.257 e. The lowest BCUT2D eigenvalue weighted by Gasteiger charge is -2.28. The number of halogens is 2. The zero-order chi connectivity index (χ0) is 11.5. The first-order valence-electron chi connectivity index (χ1n) is 5.39. The molecule has 16 heavy (non-hydrogen) atoms. The number of hydrogen-bond donors (Lipinski definition) is 0. The van der Waals surface area contributed by atoms with Gasteiger partial charge in [0.05, 0.1) is 0 Å². The Morgan fingerprint density at radius 2 is 1.94 bits per heavy atom. The Labute approximate surface area is 104 Å². The summed E-state index contributed by atoms with van der Waals surface area (Å²) in [4.78, 5) is 3.94. The van der Waals surface area contributed by atoms with Crippen LogP contribution in [0.3, 0.4) is 0 Å². The smallest absolute Gasteiger partial charge is 0.257 e. The number of rotatable bonds is 2. The quantitative estimate of drug-likeness (QED) is 0.821. The highest BCUT2D eigenvalue weighted by molar-refractivity contribution is 6.31. The van der Waals surface area contributed by atoms with E-state index in [1.54, 1.807) is 0 Å². The highest BCUT2D eigenvalue weighted by atomic mass is 35.5. The largest absolute Gasteiger partial charge is 0.472 e. The van der Waals surface area contributed by atoms with Crippen molar-refractivity contribution in [2.45, 2.75) is 38.7 Å². The topological polar surface area (TPSA) is 47.9 Å². The van der Waals surface area contributed by atoms with Crippen LogP contribution in [0.5, 0.6) is 5.88 Å². The molecule has 1 aliphatic rings. The van der Waals surface area contributed by atoms with Gasteiger partial charge in [-0.1, -0.05) is 24.9 Å². The van der Waals surface area contributed by atoms with Gasteiger partial charge in [-0.3, -0.25) is 0 Å². The van der Waals surface area contributed by atoms with Crippen LogP contribution in [-0.2, 0) is 0 Å². The molecule has 2 rings (SSSR count). The van der Waals surface area contributed by atoms with Crippen molar-refractivity contribution in [2.24, 2.45) is 5.92 Å². The Hall–Kier alpha value is -0.610. The van der Waals surface area contributed by atoms with E-state index in [4.69, 9.17) is 27.9 Å². The highest BCUT2D eigenvalue weighted by Gasteiger charge is 2.24. The van der Waals surface area contributed by atoms with Crippen molar-refractivity contribution in [2.75, 3.05) is 0 Å². The fourth-order valence-electron chi connectivity index (χ4n) is 1.96. The van der Waals surface area contributed by atoms with Crippen LogP contribution in [0.25, 0.3) is 0 Å². The van der Waals surface area contributed by atoms with Gasteiger partial charge in [0, 0.05) is 0 Å². The zero-order valence-corrected chi connectivity index (χ0v) is 10.5. The molecule has 0 N–H and O–H groups in total. The Balaban J connectivity index is 2.10. The fourth-order valence-corrected chi connectivity index (χ4v) is 2.20. The van der Waals surface area contributed by atoms with Gasteiger partial charge in [-0.05, 0) is 36.8 Å². The van der Waals surface area contributed by atoms with Crippen LogP contribution >= 0.6 is 23.2 Å². The van der Waals surface area contributed by atoms with Crippen molar-refractivity contribution >= 4 is 23.2 Å². The van der Waals surface area contributed by atoms with Gasteiger partial charge in [-0.25, -0.2) is 0 Å². The van der Waals surface area contributed by atoms with Crippen molar-refractivity contribution < 1.29 is 4.74 Å². The SMILES string of the molecule is CC1CCCCC1Oc1nc(Cl)nnc1Cl. The zero-order valence-electron chi connectivity index (χ0n) is 8.99. The number of ether oxygens (including phenoxy) is 1. The van der Waals surface area contributed by atoms with Crippen LogP contribution in [0.15, 0.2) is 0 Å². The first-order chi connectivity index (χ1) is 7.66. The van der Waals surface area contributed by atoms with Crippen LogP contribution in [0.4, 0.5) is 0 Å². The monoisotopic (exact) mass is 261 g/mol. The molecule has 0 aliphatic heterocycles. The Bertz CT molecular complexity index is 375. The lowest BCUT2D eigenvalue weighted by atomic mass is 9.88. The van der Waals surface area contributed by atoms with E-state index in [1.165, 1.54) is 19.3 Å². The minimum absolute atomic E-state index is 0.0582. The maximum absolute atomic E-state index is 5.84. The molecule has 0 radical (unpaired) electrons. The second-order valence-corrected chi connectivity index (χ2v) is 4.79. The third-order valence-corrected chi connectivity index (χ3v) is 3.28. The van der Waals surface area contributed by atoms with Crippen LogP contribution in [0.2, 0.25) is 10.4 Å². The van der Waals surface area contributed by atoms with Crippen molar-refractivity contribution in [3.63, 3.8) is 0 Å². The van der Waals surface area contributed by atoms with E-state index in [2.05, 4.69) is 22.1 Å². The lowest BCUT2D eigenvalue weighted by molar-refractivity contribution is 0.0969. The number of aromatic nitrogens is 3. The van der Waals surface area contributed by atoms with Crippen LogP contribution in [0, 0.1) is 5.92 Å². The molecule has 2 atom stereocenters. The van der Waals surface area contributed by atoms with E-state index < -0.39 is 0 Å². The molecule has 0 aromatic carbocycles. The second kappa shape index (κ2) is 5.15. The molecule has 2 unspecified atom stereocenters. The summed E-state index contributed by atoms with van der Waals surface area (Å²) in [7, 11) is 0. The standard InChI is InChI=1S/C10H13Cl2N3O/c1-6-4-2-3-5-7(6)16-9-8(11)14-15-10(12)13-9/h6-7H,2-5H2,1H3. The average molecular weight is 262 g/mol. The van der Waals surface area contributed by atoms with Crippen molar-refractivity contribution in [1.29, 1.82) is 0 Å². The van der Waals surface area contributed by atoms with Gasteiger partial charge in [0.2, 0.25) is 10.4 Å². The summed E-state index contributed by atoms with van der Waals surface area (Å²) >= 11 is 11.5. The van der Waals surface area contributed by atoms with E-state index in [9.17, 15) is 0 Å². The van der Waals surface area contributed by atoms with Crippen molar-refractivity contribution in [1.82, 2.24) is 15.2 Å². The van der Waals surface area contributed by atoms with Gasteiger partial charge in [0.1, 0.15) is 6.10 Å². The number of hydrogen-bond acceptors (Lipinski definition) is 4. The van der Waals surface area contributed by atoms with Gasteiger partial charge >= 0.3 is 0 Å². The molecule has 6 heteroatoms. The van der Waals surface area contributed by atoms with E-state index in [1.807, 2.05) is 0 Å². The summed E-state index contributed by atoms with van der Waals surface area (Å²) in [5, 5.41) is 7.44. The van der Waals surface area contributed by atoms with E-state index in [-0.39, 0.29) is 16.5 Å². The molecule has 1 heterocycles. The average Bonchev–Trinajstić information content (AvgIpc) is 2.27. The predicted octanol–water partition coefficient (Wildman–Crippen LogP) is 3.14. The van der Waals surface area contributed by atoms with E-state index in [0.717, 1.165) is 6.42 Å². The molecule has 1 aromatic heterocycles. The normalized spacial score (nSPS) is 25.4. The lowest BCUT2D eigenvalue weighted by Crippen LogP contribution is -2.28. The van der Waals surface area contributed by atoms with Gasteiger partial charge in [0.25, 0.3) is 5.88 Å². The molecule has 1 saturated carbocycles. The van der Waals surface area contributed by atoms with Gasteiger partial charge in [-0.15, -0.1) is 10.2 Å². The van der Waals surface area contributed by atoms with Gasteiger partial charge in [0.15, 0.2) is 0 Å². The minimum Gasteiger partial charge on any atom is -0.472 e. The molecular weight excluding hydrogens is 249 g/mol. The summed E-state index contributed by atoms with van der Waals surface area (Å²) in [6.45, 7) is 2.17. The molecular formula is C10H13Cl2N3O. The maximum atomic E-state index is 5.84. The number of nitrogens with zero attached hydrogens (tertiary/aromatic N) is 3. The second-order valence-electron chi connectivity index (χ2n) is 4.09. The first-order valence-corrected chi connectivity index (χ1v) is 6.15. The molecule has 1 fully saturated rings. The summed E-state index contributed by atoms with van der Waals surface area (Å²) in [5.74, 6) is 0.805. The van der Waals surface area contributed by atoms with E-state index in [0.29, 0.717) is 11.8 Å². The molecule has 1 aliphatic carbocycles. The Kier molecular flexibility index (Phi) is 3.82. The van der Waals surface area contributed by atoms with Gasteiger partial charge in [-0.2, -0.15) is 4.98 Å². The predicted molar refractivity (Wildman–Crippen MR) is 61.9 cm³/mol. The van der Waals surface area contributed by atoms with Crippen LogP contribution in [-0.4, -0.2) is 21.3 Å².